The molecule has 0 aliphatic carbocycles. The first-order chi connectivity index (χ1) is 6.59. The summed E-state index contributed by atoms with van der Waals surface area (Å²) in [7, 11) is 0. The molecule has 2 atom stereocenters. The van der Waals surface area contributed by atoms with Crippen LogP contribution in [0.25, 0.3) is 0 Å². The molecule has 74 valence electrons. The third kappa shape index (κ3) is 1.31. The summed E-state index contributed by atoms with van der Waals surface area (Å²) in [6, 6.07) is 0. The Morgan fingerprint density at radius 1 is 1.71 bits per heavy atom. The van der Waals surface area contributed by atoms with E-state index >= 15 is 0 Å². The van der Waals surface area contributed by atoms with Crippen LogP contribution in [0.2, 0.25) is 0 Å². The summed E-state index contributed by atoms with van der Waals surface area (Å²) < 4.78 is 0. The first-order valence-corrected chi connectivity index (χ1v) is 5.06. The summed E-state index contributed by atoms with van der Waals surface area (Å²) in [4.78, 5) is 23.3. The Labute approximate surface area is 85.0 Å². The maximum Gasteiger partial charge on any atom is 0.275 e. The molecule has 6 heteroatoms. The highest BCUT2D eigenvalue weighted by atomic mass is 32.2. The number of β-lactam (4-membered cyclic amide) rings is 1. The summed E-state index contributed by atoms with van der Waals surface area (Å²) in [6.45, 7) is 1.44. The Hall–Kier alpha value is -1.30. The smallest absolute Gasteiger partial charge is 0.275 e. The third-order valence-electron chi connectivity index (χ3n) is 2.01. The number of carbonyl (C=O) groups excluding carboxylic acids is 2. The second kappa shape index (κ2) is 3.13. The van der Waals surface area contributed by atoms with Crippen LogP contribution >= 0.6 is 11.8 Å². The van der Waals surface area contributed by atoms with Gasteiger partial charge in [-0.05, 0) is 6.08 Å². The fourth-order valence-corrected chi connectivity index (χ4v) is 2.55. The topological polar surface area (TPSA) is 73.3 Å². The summed E-state index contributed by atoms with van der Waals surface area (Å²) in [6.07, 6.45) is 3.37. The van der Waals surface area contributed by atoms with Gasteiger partial charge in [-0.3, -0.25) is 19.9 Å². The van der Waals surface area contributed by atoms with E-state index in [1.807, 2.05) is 0 Å². The van der Waals surface area contributed by atoms with Crippen LogP contribution in [0.5, 0.6) is 0 Å². The average Bonchev–Trinajstić information content (AvgIpc) is 2.16. The molecule has 5 nitrogen and oxygen atoms in total. The average molecular weight is 211 g/mol. The minimum Gasteiger partial charge on any atom is -0.341 e. The van der Waals surface area contributed by atoms with Crippen molar-refractivity contribution in [2.24, 2.45) is 0 Å². The van der Waals surface area contributed by atoms with Gasteiger partial charge in [0.2, 0.25) is 5.91 Å². The van der Waals surface area contributed by atoms with E-state index < -0.39 is 0 Å². The number of hydrogen-bond donors (Lipinski definition) is 2. The van der Waals surface area contributed by atoms with Crippen molar-refractivity contribution in [2.75, 3.05) is 0 Å². The van der Waals surface area contributed by atoms with Crippen molar-refractivity contribution >= 4 is 29.3 Å². The lowest BCUT2D eigenvalue weighted by atomic mass is 10.2. The van der Waals surface area contributed by atoms with Crippen LogP contribution in [0.15, 0.2) is 12.3 Å². The van der Waals surface area contributed by atoms with Gasteiger partial charge >= 0.3 is 0 Å². The molecular formula is C8H9N3O2S. The molecule has 0 aromatic heterocycles. The highest BCUT2D eigenvalue weighted by molar-refractivity contribution is 8.01. The van der Waals surface area contributed by atoms with E-state index in [9.17, 15) is 9.59 Å². The number of thioether (sulfide) groups is 1. The van der Waals surface area contributed by atoms with E-state index in [-0.39, 0.29) is 28.3 Å². The number of nitrogens with zero attached hydrogens (tertiary/aromatic N) is 1. The molecule has 2 aliphatic rings. The van der Waals surface area contributed by atoms with E-state index in [0.717, 1.165) is 0 Å². The fraction of sp³-hybridized carbons (Fsp3) is 0.375. The van der Waals surface area contributed by atoms with Gasteiger partial charge in [0, 0.05) is 13.1 Å². The van der Waals surface area contributed by atoms with E-state index in [2.05, 4.69) is 5.32 Å². The number of carbonyl (C=O) groups is 2. The van der Waals surface area contributed by atoms with Gasteiger partial charge in [0.15, 0.2) is 0 Å². The summed E-state index contributed by atoms with van der Waals surface area (Å²) >= 11 is 1.38. The monoisotopic (exact) mass is 211 g/mol. The number of hydrogen-bond acceptors (Lipinski definition) is 4. The van der Waals surface area contributed by atoms with Crippen molar-refractivity contribution in [1.29, 1.82) is 5.41 Å². The molecule has 2 aliphatic heterocycles. The number of fused-ring (bicyclic) bond motifs is 1. The predicted octanol–water partition coefficient (Wildman–Crippen LogP) is -0.103. The van der Waals surface area contributed by atoms with Crippen LogP contribution in [0.4, 0.5) is 0 Å². The molecule has 1 fully saturated rings. The standard InChI is InChI=1S/C8H9N3O2S/c1-4(12)10-5-2-3-11-7(13)6(9)8(11)14-5/h2-3,5,8-9H,1H3,(H,10,12)/t5?,8-/m1/s1. The zero-order valence-corrected chi connectivity index (χ0v) is 8.30. The molecule has 0 radical (unpaired) electrons. The fourth-order valence-electron chi connectivity index (χ4n) is 1.34. The van der Waals surface area contributed by atoms with Gasteiger partial charge in [0.25, 0.3) is 5.91 Å². The normalized spacial score (nSPS) is 29.6. The van der Waals surface area contributed by atoms with Crippen LogP contribution in [-0.4, -0.2) is 33.2 Å². The molecule has 2 rings (SSSR count). The van der Waals surface area contributed by atoms with Gasteiger partial charge < -0.3 is 5.32 Å². The number of nitrogens with one attached hydrogen (secondary N) is 2. The molecule has 2 amide bonds. The molecule has 0 aromatic rings. The summed E-state index contributed by atoms with van der Waals surface area (Å²) in [5, 5.41) is 9.72. The molecule has 0 bridgehead atoms. The van der Waals surface area contributed by atoms with Crippen LogP contribution in [-0.2, 0) is 9.59 Å². The Kier molecular flexibility index (Phi) is 2.07. The van der Waals surface area contributed by atoms with Gasteiger partial charge in [-0.25, -0.2) is 0 Å². The van der Waals surface area contributed by atoms with Crippen molar-refractivity contribution in [3.05, 3.63) is 12.3 Å². The Balaban J connectivity index is 2.06. The number of amides is 2. The lowest BCUT2D eigenvalue weighted by Crippen LogP contribution is -2.59. The van der Waals surface area contributed by atoms with Gasteiger partial charge in [-0.2, -0.15) is 0 Å². The van der Waals surface area contributed by atoms with Crippen molar-refractivity contribution in [2.45, 2.75) is 17.7 Å². The van der Waals surface area contributed by atoms with Crippen molar-refractivity contribution < 1.29 is 9.59 Å². The first-order valence-electron chi connectivity index (χ1n) is 4.11. The van der Waals surface area contributed by atoms with Gasteiger partial charge in [0.1, 0.15) is 11.1 Å². The van der Waals surface area contributed by atoms with Gasteiger partial charge in [-0.1, -0.05) is 0 Å². The van der Waals surface area contributed by atoms with Gasteiger partial charge in [0.05, 0.1) is 5.37 Å². The lowest BCUT2D eigenvalue weighted by Gasteiger charge is -2.41. The summed E-state index contributed by atoms with van der Waals surface area (Å²) in [5.74, 6) is -0.363. The van der Waals surface area contributed by atoms with Crippen LogP contribution in [0.3, 0.4) is 0 Å². The highest BCUT2D eigenvalue weighted by Crippen LogP contribution is 2.33. The largest absolute Gasteiger partial charge is 0.341 e. The second-order valence-electron chi connectivity index (χ2n) is 3.08. The zero-order valence-electron chi connectivity index (χ0n) is 7.48. The predicted molar refractivity (Wildman–Crippen MR) is 52.7 cm³/mol. The third-order valence-corrected chi connectivity index (χ3v) is 3.30. The maximum atomic E-state index is 11.1. The minimum absolute atomic E-state index is 0.106. The molecule has 2 heterocycles. The van der Waals surface area contributed by atoms with Crippen LogP contribution < -0.4 is 5.32 Å². The molecule has 1 unspecified atom stereocenters. The molecule has 14 heavy (non-hydrogen) atoms. The molecule has 1 saturated heterocycles. The first kappa shape index (κ1) is 9.26. The Morgan fingerprint density at radius 2 is 2.43 bits per heavy atom. The molecule has 0 saturated carbocycles. The molecular weight excluding hydrogens is 202 g/mol. The lowest BCUT2D eigenvalue weighted by molar-refractivity contribution is -0.125. The molecule has 0 aromatic carbocycles. The van der Waals surface area contributed by atoms with Crippen molar-refractivity contribution in [1.82, 2.24) is 10.2 Å². The van der Waals surface area contributed by atoms with E-state index in [0.29, 0.717) is 0 Å². The highest BCUT2D eigenvalue weighted by Gasteiger charge is 2.45. The second-order valence-corrected chi connectivity index (χ2v) is 4.30. The van der Waals surface area contributed by atoms with Crippen LogP contribution in [0, 0.1) is 5.41 Å². The quantitative estimate of drug-likeness (QED) is 0.595. The number of rotatable bonds is 1. The van der Waals surface area contributed by atoms with Crippen molar-refractivity contribution in [3.8, 4) is 0 Å². The van der Waals surface area contributed by atoms with Crippen LogP contribution in [0.1, 0.15) is 6.92 Å². The molecule has 2 N–H and O–H groups in total. The Morgan fingerprint density at radius 3 is 3.07 bits per heavy atom. The SMILES string of the molecule is CC(=O)NC1C=CN2C(=O)C(=N)[C@H]2S1. The zero-order chi connectivity index (χ0) is 10.3. The Bertz CT molecular complexity index is 352. The van der Waals surface area contributed by atoms with E-state index in [1.54, 1.807) is 12.3 Å². The van der Waals surface area contributed by atoms with Crippen molar-refractivity contribution in [3.63, 3.8) is 0 Å². The molecule has 0 spiro atoms. The maximum absolute atomic E-state index is 11.1. The van der Waals surface area contributed by atoms with Gasteiger partial charge in [-0.15, -0.1) is 11.8 Å². The van der Waals surface area contributed by atoms with E-state index in [4.69, 9.17) is 5.41 Å². The van der Waals surface area contributed by atoms with E-state index in [1.165, 1.54) is 23.6 Å². The summed E-state index contributed by atoms with van der Waals surface area (Å²) in [5.41, 5.74) is 0.106. The minimum atomic E-state index is -0.250.